The maximum Gasteiger partial charge on any atom is 0.255 e. The monoisotopic (exact) mass is 267 g/mol. The third kappa shape index (κ3) is 2.25. The second-order valence-corrected chi connectivity index (χ2v) is 4.74. The summed E-state index contributed by atoms with van der Waals surface area (Å²) < 4.78 is 0. The quantitative estimate of drug-likeness (QED) is 0.875. The van der Waals surface area contributed by atoms with E-state index >= 15 is 0 Å². The molecule has 0 saturated heterocycles. The van der Waals surface area contributed by atoms with Crippen LogP contribution in [-0.4, -0.2) is 16.8 Å². The topological polar surface area (TPSA) is 71.1 Å². The second-order valence-electron chi connectivity index (χ2n) is 4.74. The molecule has 0 fully saturated rings. The molecule has 2 heterocycles. The molecular weight excluding hydrogens is 254 g/mol. The standard InChI is InChI=1S/C15H13N3O2/c1-9-8-16-5-4-12(9)18-15(20)11-3-2-10-7-14(19)17-13(10)6-11/h2-6,8H,7H2,1H3,(H,17,19)(H,16,18,20). The van der Waals surface area contributed by atoms with Crippen molar-refractivity contribution in [2.24, 2.45) is 0 Å². The van der Waals surface area contributed by atoms with Crippen molar-refractivity contribution in [1.82, 2.24) is 4.98 Å². The van der Waals surface area contributed by atoms with Crippen molar-refractivity contribution in [2.45, 2.75) is 13.3 Å². The van der Waals surface area contributed by atoms with Crippen LogP contribution in [0.15, 0.2) is 36.7 Å². The van der Waals surface area contributed by atoms with E-state index in [4.69, 9.17) is 0 Å². The summed E-state index contributed by atoms with van der Waals surface area (Å²) in [6, 6.07) is 6.99. The van der Waals surface area contributed by atoms with Crippen molar-refractivity contribution in [3.05, 3.63) is 53.3 Å². The zero-order valence-electron chi connectivity index (χ0n) is 10.9. The second kappa shape index (κ2) is 4.77. The van der Waals surface area contributed by atoms with Crippen LogP contribution in [-0.2, 0) is 11.2 Å². The third-order valence-electron chi connectivity index (χ3n) is 3.27. The maximum atomic E-state index is 12.2. The summed E-state index contributed by atoms with van der Waals surface area (Å²) in [6.07, 6.45) is 3.70. The number of amides is 2. The van der Waals surface area contributed by atoms with E-state index in [1.54, 1.807) is 30.6 Å². The van der Waals surface area contributed by atoms with Crippen LogP contribution in [0.1, 0.15) is 21.5 Å². The summed E-state index contributed by atoms with van der Waals surface area (Å²) >= 11 is 0. The van der Waals surface area contributed by atoms with Gasteiger partial charge in [-0.15, -0.1) is 0 Å². The van der Waals surface area contributed by atoms with E-state index in [0.29, 0.717) is 17.7 Å². The fraction of sp³-hybridized carbons (Fsp3) is 0.133. The molecule has 2 aromatic rings. The number of hydrogen-bond acceptors (Lipinski definition) is 3. The van der Waals surface area contributed by atoms with Crippen molar-refractivity contribution in [3.8, 4) is 0 Å². The summed E-state index contributed by atoms with van der Waals surface area (Å²) in [5.74, 6) is -0.245. The fourth-order valence-corrected chi connectivity index (χ4v) is 2.16. The van der Waals surface area contributed by atoms with Gasteiger partial charge in [-0.05, 0) is 36.2 Å². The van der Waals surface area contributed by atoms with Gasteiger partial charge in [0.1, 0.15) is 0 Å². The van der Waals surface area contributed by atoms with E-state index in [2.05, 4.69) is 15.6 Å². The molecule has 5 heteroatoms. The molecule has 5 nitrogen and oxygen atoms in total. The average Bonchev–Trinajstić information content (AvgIpc) is 2.80. The van der Waals surface area contributed by atoms with Gasteiger partial charge in [-0.25, -0.2) is 0 Å². The number of pyridine rings is 1. The Morgan fingerprint density at radius 1 is 1.35 bits per heavy atom. The summed E-state index contributed by atoms with van der Waals surface area (Å²) in [7, 11) is 0. The van der Waals surface area contributed by atoms with E-state index < -0.39 is 0 Å². The molecule has 1 aliphatic heterocycles. The van der Waals surface area contributed by atoms with Crippen LogP contribution in [0.25, 0.3) is 0 Å². The lowest BCUT2D eigenvalue weighted by Gasteiger charge is -2.08. The lowest BCUT2D eigenvalue weighted by molar-refractivity contribution is -0.115. The molecule has 1 aliphatic rings. The Labute approximate surface area is 116 Å². The number of fused-ring (bicyclic) bond motifs is 1. The zero-order chi connectivity index (χ0) is 14.1. The molecule has 0 unspecified atom stereocenters. The predicted molar refractivity (Wildman–Crippen MR) is 75.7 cm³/mol. The van der Waals surface area contributed by atoms with E-state index in [1.165, 1.54) is 0 Å². The molecule has 2 amide bonds. The van der Waals surface area contributed by atoms with Crippen molar-refractivity contribution >= 4 is 23.2 Å². The molecular formula is C15H13N3O2. The van der Waals surface area contributed by atoms with E-state index in [0.717, 1.165) is 16.8 Å². The van der Waals surface area contributed by atoms with Crippen LogP contribution in [0.5, 0.6) is 0 Å². The molecule has 0 aliphatic carbocycles. The van der Waals surface area contributed by atoms with Gasteiger partial charge in [0.05, 0.1) is 6.42 Å². The Kier molecular flexibility index (Phi) is 2.95. The van der Waals surface area contributed by atoms with Crippen molar-refractivity contribution in [2.75, 3.05) is 10.6 Å². The third-order valence-corrected chi connectivity index (χ3v) is 3.27. The van der Waals surface area contributed by atoms with Gasteiger partial charge in [0.2, 0.25) is 5.91 Å². The highest BCUT2D eigenvalue weighted by Crippen LogP contribution is 2.24. The van der Waals surface area contributed by atoms with Gasteiger partial charge in [-0.2, -0.15) is 0 Å². The SMILES string of the molecule is Cc1cnccc1NC(=O)c1ccc2c(c1)NC(=O)C2. The van der Waals surface area contributed by atoms with Gasteiger partial charge >= 0.3 is 0 Å². The number of hydrogen-bond donors (Lipinski definition) is 2. The Balaban J connectivity index is 1.84. The number of nitrogens with one attached hydrogen (secondary N) is 2. The first-order valence-corrected chi connectivity index (χ1v) is 6.28. The highest BCUT2D eigenvalue weighted by Gasteiger charge is 2.19. The van der Waals surface area contributed by atoms with Crippen molar-refractivity contribution < 1.29 is 9.59 Å². The minimum atomic E-state index is -0.205. The van der Waals surface area contributed by atoms with Crippen LogP contribution in [0.2, 0.25) is 0 Å². The van der Waals surface area contributed by atoms with Gasteiger partial charge < -0.3 is 10.6 Å². The molecule has 100 valence electrons. The highest BCUT2D eigenvalue weighted by molar-refractivity contribution is 6.07. The van der Waals surface area contributed by atoms with Gasteiger partial charge in [-0.3, -0.25) is 14.6 Å². The first kappa shape index (κ1) is 12.3. The van der Waals surface area contributed by atoms with Crippen LogP contribution in [0, 0.1) is 6.92 Å². The lowest BCUT2D eigenvalue weighted by Crippen LogP contribution is -2.13. The number of aromatic nitrogens is 1. The van der Waals surface area contributed by atoms with Crippen molar-refractivity contribution in [3.63, 3.8) is 0 Å². The molecule has 20 heavy (non-hydrogen) atoms. The summed E-state index contributed by atoms with van der Waals surface area (Å²) in [4.78, 5) is 27.5. The number of nitrogens with zero attached hydrogens (tertiary/aromatic N) is 1. The Hall–Kier alpha value is -2.69. The number of anilines is 2. The Morgan fingerprint density at radius 2 is 2.20 bits per heavy atom. The van der Waals surface area contributed by atoms with E-state index in [1.807, 2.05) is 13.0 Å². The smallest absolute Gasteiger partial charge is 0.255 e. The lowest BCUT2D eigenvalue weighted by atomic mass is 10.1. The molecule has 0 radical (unpaired) electrons. The Bertz CT molecular complexity index is 710. The van der Waals surface area contributed by atoms with E-state index in [-0.39, 0.29) is 11.8 Å². The zero-order valence-corrected chi connectivity index (χ0v) is 10.9. The largest absolute Gasteiger partial charge is 0.326 e. The average molecular weight is 267 g/mol. The molecule has 1 aromatic carbocycles. The number of benzene rings is 1. The first-order chi connectivity index (χ1) is 9.63. The molecule has 1 aromatic heterocycles. The molecule has 0 spiro atoms. The number of carbonyl (C=O) groups is 2. The van der Waals surface area contributed by atoms with Gasteiger partial charge in [0.15, 0.2) is 0 Å². The number of rotatable bonds is 2. The molecule has 0 bridgehead atoms. The predicted octanol–water partition coefficient (Wildman–Crippen LogP) is 2.14. The van der Waals surface area contributed by atoms with Crippen LogP contribution >= 0.6 is 0 Å². The highest BCUT2D eigenvalue weighted by atomic mass is 16.2. The maximum absolute atomic E-state index is 12.2. The summed E-state index contributed by atoms with van der Waals surface area (Å²) in [6.45, 7) is 1.88. The van der Waals surface area contributed by atoms with Crippen LogP contribution < -0.4 is 10.6 Å². The molecule has 2 N–H and O–H groups in total. The van der Waals surface area contributed by atoms with Gasteiger partial charge in [0, 0.05) is 29.3 Å². The number of aryl methyl sites for hydroxylation is 1. The summed E-state index contributed by atoms with van der Waals surface area (Å²) in [5, 5.41) is 5.58. The molecule has 0 atom stereocenters. The Morgan fingerprint density at radius 3 is 3.00 bits per heavy atom. The minimum absolute atomic E-state index is 0.0393. The number of carbonyl (C=O) groups excluding carboxylic acids is 2. The minimum Gasteiger partial charge on any atom is -0.326 e. The van der Waals surface area contributed by atoms with Crippen LogP contribution in [0.4, 0.5) is 11.4 Å². The van der Waals surface area contributed by atoms with Gasteiger partial charge in [0.25, 0.3) is 5.91 Å². The fourth-order valence-electron chi connectivity index (χ4n) is 2.16. The van der Waals surface area contributed by atoms with Gasteiger partial charge in [-0.1, -0.05) is 6.07 Å². The first-order valence-electron chi connectivity index (χ1n) is 6.28. The van der Waals surface area contributed by atoms with Crippen molar-refractivity contribution in [1.29, 1.82) is 0 Å². The molecule has 0 saturated carbocycles. The van der Waals surface area contributed by atoms with E-state index in [9.17, 15) is 9.59 Å². The van der Waals surface area contributed by atoms with Crippen LogP contribution in [0.3, 0.4) is 0 Å². The molecule has 3 rings (SSSR count). The normalized spacial score (nSPS) is 12.8. The summed E-state index contributed by atoms with van der Waals surface area (Å²) in [5.41, 5.74) is 3.78.